The van der Waals surface area contributed by atoms with Crippen LogP contribution in [0.5, 0.6) is 0 Å². The molecule has 0 radical (unpaired) electrons. The van der Waals surface area contributed by atoms with E-state index >= 15 is 0 Å². The Labute approximate surface area is 232 Å². The second-order valence-electron chi connectivity index (χ2n) is 11.9. The smallest absolute Gasteiger partial charge is 0.132 e. The van der Waals surface area contributed by atoms with Gasteiger partial charge < -0.3 is 14.2 Å². The summed E-state index contributed by atoms with van der Waals surface area (Å²) in [6.07, 6.45) is -0.216. The van der Waals surface area contributed by atoms with E-state index in [0.29, 0.717) is 13.2 Å². The topological polar surface area (TPSA) is 34.3 Å². The van der Waals surface area contributed by atoms with Gasteiger partial charge in [0, 0.05) is 10.8 Å². The maximum Gasteiger partial charge on any atom is 0.132 e. The van der Waals surface area contributed by atoms with Gasteiger partial charge in [-0.25, -0.2) is 0 Å². The molecule has 3 heteroatoms. The van der Waals surface area contributed by atoms with Crippen LogP contribution in [-0.4, -0.2) is 25.4 Å². The maximum absolute atomic E-state index is 8.03. The summed E-state index contributed by atoms with van der Waals surface area (Å²) in [7, 11) is 0. The Balaban J connectivity index is 1.66. The van der Waals surface area contributed by atoms with E-state index in [9.17, 15) is 0 Å². The van der Waals surface area contributed by atoms with E-state index in [1.54, 1.807) is 0 Å². The molecule has 4 aromatic rings. The fourth-order valence-corrected chi connectivity index (χ4v) is 6.73. The number of hydrogen-bond acceptors (Lipinski definition) is 3. The molecule has 0 aliphatic carbocycles. The molecular weight excluding hydrogens is 480 g/mol. The lowest BCUT2D eigenvalue weighted by Gasteiger charge is -2.56. The highest BCUT2D eigenvalue weighted by atomic mass is 16.6. The molecule has 2 saturated heterocycles. The van der Waals surface area contributed by atoms with Gasteiger partial charge in [-0.05, 0) is 22.3 Å². The molecule has 39 heavy (non-hydrogen) atoms. The van der Waals surface area contributed by atoms with Crippen molar-refractivity contribution >= 4 is 0 Å². The van der Waals surface area contributed by atoms with Crippen molar-refractivity contribution in [3.05, 3.63) is 144 Å². The molecule has 2 aliphatic rings. The van der Waals surface area contributed by atoms with Crippen molar-refractivity contribution in [2.45, 2.75) is 61.9 Å². The molecule has 0 saturated carbocycles. The van der Waals surface area contributed by atoms with Crippen LogP contribution in [0.2, 0.25) is 0 Å². The first-order chi connectivity index (χ1) is 18.8. The number of ether oxygens (including phenoxy) is 3. The zero-order chi connectivity index (χ0) is 27.1. The minimum Gasteiger partial charge on any atom is -0.370 e. The van der Waals surface area contributed by atoms with Crippen LogP contribution in [0.15, 0.2) is 121 Å². The standard InChI is InChI=1S/C36H38O3/c1-33(2,27-17-9-5-10-18-27)35(31-25-37-31,29-21-13-7-14-22-29)39-36(32-26-38-32,30-23-15-8-16-24-30)34(3,4)28-19-11-6-12-20-28/h5-24,31-32H,25-26H2,1-4H3. The highest BCUT2D eigenvalue weighted by Gasteiger charge is 2.68. The summed E-state index contributed by atoms with van der Waals surface area (Å²) >= 11 is 0. The number of epoxide rings is 2. The van der Waals surface area contributed by atoms with E-state index in [-0.39, 0.29) is 12.2 Å². The fraction of sp³-hybridized carbons (Fsp3) is 0.333. The highest BCUT2D eigenvalue weighted by Crippen LogP contribution is 2.61. The third-order valence-corrected chi connectivity index (χ3v) is 9.15. The minimum atomic E-state index is -0.802. The van der Waals surface area contributed by atoms with E-state index in [1.807, 2.05) is 0 Å². The van der Waals surface area contributed by atoms with Gasteiger partial charge in [-0.1, -0.05) is 149 Å². The second-order valence-corrected chi connectivity index (χ2v) is 11.9. The summed E-state index contributed by atoms with van der Waals surface area (Å²) in [6.45, 7) is 10.5. The van der Waals surface area contributed by atoms with Gasteiger partial charge in [0.05, 0.1) is 13.2 Å². The first-order valence-electron chi connectivity index (χ1n) is 14.0. The van der Waals surface area contributed by atoms with E-state index in [4.69, 9.17) is 14.2 Å². The molecular formula is C36H38O3. The first-order valence-corrected chi connectivity index (χ1v) is 14.0. The molecule has 6 rings (SSSR count). The average molecular weight is 519 g/mol. The highest BCUT2D eigenvalue weighted by molar-refractivity contribution is 5.43. The van der Waals surface area contributed by atoms with E-state index in [1.165, 1.54) is 11.1 Å². The van der Waals surface area contributed by atoms with Gasteiger partial charge in [0.2, 0.25) is 0 Å². The Bertz CT molecular complexity index is 1270. The van der Waals surface area contributed by atoms with E-state index in [0.717, 1.165) is 11.1 Å². The summed E-state index contributed by atoms with van der Waals surface area (Å²) in [6, 6.07) is 42.8. The van der Waals surface area contributed by atoms with Crippen molar-refractivity contribution in [2.24, 2.45) is 0 Å². The molecule has 4 atom stereocenters. The lowest BCUT2D eigenvalue weighted by molar-refractivity contribution is -0.241. The van der Waals surface area contributed by atoms with Crippen LogP contribution in [0, 0.1) is 0 Å². The second kappa shape index (κ2) is 9.75. The Kier molecular flexibility index (Phi) is 6.50. The van der Waals surface area contributed by atoms with Crippen LogP contribution in [0.4, 0.5) is 0 Å². The zero-order valence-corrected chi connectivity index (χ0v) is 23.3. The molecule has 0 amide bonds. The molecule has 0 bridgehead atoms. The van der Waals surface area contributed by atoms with Gasteiger partial charge in [-0.15, -0.1) is 0 Å². The number of hydrogen-bond donors (Lipinski definition) is 0. The van der Waals surface area contributed by atoms with Crippen LogP contribution in [0.3, 0.4) is 0 Å². The molecule has 0 N–H and O–H groups in total. The maximum atomic E-state index is 8.03. The van der Waals surface area contributed by atoms with Crippen molar-refractivity contribution in [2.75, 3.05) is 13.2 Å². The van der Waals surface area contributed by atoms with Crippen molar-refractivity contribution < 1.29 is 14.2 Å². The predicted octanol–water partition coefficient (Wildman–Crippen LogP) is 7.55. The normalized spacial score (nSPS) is 21.9. The molecule has 0 spiro atoms. The molecule has 0 aromatic heterocycles. The molecule has 4 aromatic carbocycles. The van der Waals surface area contributed by atoms with Crippen LogP contribution >= 0.6 is 0 Å². The summed E-state index contributed by atoms with van der Waals surface area (Å²) in [5, 5.41) is 0. The third kappa shape index (κ3) is 4.15. The van der Waals surface area contributed by atoms with E-state index < -0.39 is 22.0 Å². The molecule has 4 unspecified atom stereocenters. The fourth-order valence-electron chi connectivity index (χ4n) is 6.73. The Morgan fingerprint density at radius 1 is 0.462 bits per heavy atom. The Hall–Kier alpha value is -3.24. The van der Waals surface area contributed by atoms with Gasteiger partial charge in [-0.2, -0.15) is 0 Å². The summed E-state index contributed by atoms with van der Waals surface area (Å²) < 4.78 is 20.6. The van der Waals surface area contributed by atoms with Gasteiger partial charge in [0.25, 0.3) is 0 Å². The molecule has 2 fully saturated rings. The lowest BCUT2D eigenvalue weighted by atomic mass is 9.61. The van der Waals surface area contributed by atoms with Crippen molar-refractivity contribution in [3.63, 3.8) is 0 Å². The SMILES string of the molecule is CC(C)(c1ccccc1)C(OC(c1ccccc1)(C1CO1)C(C)(C)c1ccccc1)(c1ccccc1)C1CO1. The van der Waals surface area contributed by atoms with Crippen LogP contribution in [-0.2, 0) is 36.2 Å². The quantitative estimate of drug-likeness (QED) is 0.203. The van der Waals surface area contributed by atoms with Gasteiger partial charge in [-0.3, -0.25) is 0 Å². The van der Waals surface area contributed by atoms with Crippen LogP contribution < -0.4 is 0 Å². The van der Waals surface area contributed by atoms with Crippen LogP contribution in [0.25, 0.3) is 0 Å². The summed E-state index contributed by atoms with van der Waals surface area (Å²) in [5.74, 6) is 0. The minimum absolute atomic E-state index is 0.108. The number of rotatable bonds is 10. The van der Waals surface area contributed by atoms with Crippen molar-refractivity contribution in [1.29, 1.82) is 0 Å². The van der Waals surface area contributed by atoms with Gasteiger partial charge in [0.15, 0.2) is 0 Å². The van der Waals surface area contributed by atoms with Crippen LogP contribution in [0.1, 0.15) is 49.9 Å². The Morgan fingerprint density at radius 3 is 0.974 bits per heavy atom. The first kappa shape index (κ1) is 26.0. The molecule has 3 nitrogen and oxygen atoms in total. The predicted molar refractivity (Wildman–Crippen MR) is 156 cm³/mol. The summed E-state index contributed by atoms with van der Waals surface area (Å²) in [4.78, 5) is 0. The van der Waals surface area contributed by atoms with Crippen molar-refractivity contribution in [1.82, 2.24) is 0 Å². The van der Waals surface area contributed by atoms with Gasteiger partial charge >= 0.3 is 0 Å². The molecule has 2 heterocycles. The van der Waals surface area contributed by atoms with Gasteiger partial charge in [0.1, 0.15) is 23.4 Å². The van der Waals surface area contributed by atoms with Crippen molar-refractivity contribution in [3.8, 4) is 0 Å². The zero-order valence-electron chi connectivity index (χ0n) is 23.3. The van der Waals surface area contributed by atoms with E-state index in [2.05, 4.69) is 149 Å². The summed E-state index contributed by atoms with van der Waals surface area (Å²) in [5.41, 5.74) is 2.16. The Morgan fingerprint density at radius 2 is 0.718 bits per heavy atom. The average Bonchev–Trinajstić information content (AvgIpc) is 3.90. The lowest BCUT2D eigenvalue weighted by Crippen LogP contribution is -2.62. The monoisotopic (exact) mass is 518 g/mol. The third-order valence-electron chi connectivity index (χ3n) is 9.15. The molecule has 2 aliphatic heterocycles. The largest absolute Gasteiger partial charge is 0.370 e. The molecule has 200 valence electrons. The number of benzene rings is 4.